The van der Waals surface area contributed by atoms with Gasteiger partial charge in [-0.15, -0.1) is 0 Å². The van der Waals surface area contributed by atoms with Gasteiger partial charge in [0.15, 0.2) is 0 Å². The van der Waals surface area contributed by atoms with E-state index in [0.29, 0.717) is 12.5 Å². The van der Waals surface area contributed by atoms with E-state index in [1.54, 1.807) is 6.07 Å². The topological polar surface area (TPSA) is 86.9 Å². The van der Waals surface area contributed by atoms with E-state index in [2.05, 4.69) is 27.5 Å². The maximum Gasteiger partial charge on any atom is 0.321 e. The number of aromatic nitrogens is 2. The summed E-state index contributed by atoms with van der Waals surface area (Å²) >= 11 is 0. The number of nitrogens with one attached hydrogen (secondary N) is 3. The van der Waals surface area contributed by atoms with E-state index < -0.39 is 0 Å². The molecule has 1 aliphatic carbocycles. The summed E-state index contributed by atoms with van der Waals surface area (Å²) in [7, 11) is 0. The van der Waals surface area contributed by atoms with Crippen molar-refractivity contribution in [3.05, 3.63) is 22.1 Å². The summed E-state index contributed by atoms with van der Waals surface area (Å²) in [5.74, 6) is 0.571. The smallest absolute Gasteiger partial charge is 0.321 e. The molecule has 1 saturated carbocycles. The first-order valence-corrected chi connectivity index (χ1v) is 7.85. The highest BCUT2D eigenvalue weighted by Crippen LogP contribution is 2.31. The molecule has 2 amide bonds. The molecule has 0 spiro atoms. The largest absolute Gasteiger partial charge is 0.338 e. The molecule has 3 N–H and O–H groups in total. The van der Waals surface area contributed by atoms with E-state index in [9.17, 15) is 9.59 Å². The fraction of sp³-hybridized carbons (Fsp3) is 0.667. The number of hydrogen-bond donors (Lipinski definition) is 3. The van der Waals surface area contributed by atoms with Crippen LogP contribution in [0.25, 0.3) is 0 Å². The SMILES string of the molecule is CCCCNC(=O)Nc1nc(C2CCCCC2)cc(=O)[nH]1. The molecule has 1 fully saturated rings. The Balaban J connectivity index is 2.01. The molecule has 0 bridgehead atoms. The minimum Gasteiger partial charge on any atom is -0.338 e. The number of carbonyl (C=O) groups excluding carboxylic acids is 1. The highest BCUT2D eigenvalue weighted by molar-refractivity contribution is 5.87. The van der Waals surface area contributed by atoms with Crippen LogP contribution in [0.4, 0.5) is 10.7 Å². The van der Waals surface area contributed by atoms with Gasteiger partial charge < -0.3 is 5.32 Å². The first-order chi connectivity index (χ1) is 10.2. The number of rotatable bonds is 5. The number of H-pyrrole nitrogens is 1. The molecule has 6 heteroatoms. The summed E-state index contributed by atoms with van der Waals surface area (Å²) in [6.45, 7) is 2.68. The Morgan fingerprint density at radius 3 is 2.86 bits per heavy atom. The van der Waals surface area contributed by atoms with Crippen LogP contribution in [0.1, 0.15) is 63.5 Å². The van der Waals surface area contributed by atoms with Crippen LogP contribution >= 0.6 is 0 Å². The Labute approximate surface area is 124 Å². The third kappa shape index (κ3) is 4.88. The van der Waals surface area contributed by atoms with Crippen molar-refractivity contribution in [1.82, 2.24) is 15.3 Å². The molecule has 116 valence electrons. The minimum absolute atomic E-state index is 0.213. The standard InChI is InChI=1S/C15H24N4O2/c1-2-3-9-16-15(21)19-14-17-12(10-13(20)18-14)11-7-5-4-6-8-11/h10-11H,2-9H2,1H3,(H3,16,17,18,19,20,21). The molecule has 1 aliphatic rings. The van der Waals surface area contributed by atoms with Crippen molar-refractivity contribution in [2.75, 3.05) is 11.9 Å². The Morgan fingerprint density at radius 1 is 1.38 bits per heavy atom. The molecular weight excluding hydrogens is 268 g/mol. The van der Waals surface area contributed by atoms with Gasteiger partial charge in [-0.05, 0) is 19.3 Å². The zero-order chi connectivity index (χ0) is 15.1. The molecular formula is C15H24N4O2. The van der Waals surface area contributed by atoms with Crippen molar-refractivity contribution in [1.29, 1.82) is 0 Å². The average Bonchev–Trinajstić information content (AvgIpc) is 2.48. The van der Waals surface area contributed by atoms with Crippen LogP contribution in [-0.4, -0.2) is 22.5 Å². The zero-order valence-electron chi connectivity index (χ0n) is 12.6. The number of urea groups is 1. The number of unbranched alkanes of at least 4 members (excludes halogenated alkanes) is 1. The molecule has 2 rings (SSSR count). The molecule has 0 aromatic carbocycles. The molecule has 0 aliphatic heterocycles. The fourth-order valence-electron chi connectivity index (χ4n) is 2.67. The van der Waals surface area contributed by atoms with Crippen LogP contribution in [0, 0.1) is 0 Å². The third-order valence-corrected chi connectivity index (χ3v) is 3.83. The number of aromatic amines is 1. The van der Waals surface area contributed by atoms with Crippen molar-refractivity contribution in [2.24, 2.45) is 0 Å². The van der Waals surface area contributed by atoms with E-state index in [1.165, 1.54) is 19.3 Å². The van der Waals surface area contributed by atoms with E-state index in [-0.39, 0.29) is 17.5 Å². The van der Waals surface area contributed by atoms with Gasteiger partial charge in [0.1, 0.15) is 0 Å². The lowest BCUT2D eigenvalue weighted by Crippen LogP contribution is -2.31. The molecule has 1 aromatic heterocycles. The lowest BCUT2D eigenvalue weighted by molar-refractivity contribution is 0.252. The minimum atomic E-state index is -0.326. The van der Waals surface area contributed by atoms with Gasteiger partial charge in [-0.2, -0.15) is 0 Å². The predicted molar refractivity (Wildman–Crippen MR) is 82.6 cm³/mol. The van der Waals surface area contributed by atoms with E-state index >= 15 is 0 Å². The molecule has 6 nitrogen and oxygen atoms in total. The van der Waals surface area contributed by atoms with E-state index in [4.69, 9.17) is 0 Å². The van der Waals surface area contributed by atoms with E-state index in [1.807, 2.05) is 0 Å². The predicted octanol–water partition coefficient (Wildman–Crippen LogP) is 2.74. The maximum atomic E-state index is 11.7. The first-order valence-electron chi connectivity index (χ1n) is 7.85. The van der Waals surface area contributed by atoms with Crippen LogP contribution in [0.3, 0.4) is 0 Å². The lowest BCUT2D eigenvalue weighted by atomic mass is 9.87. The molecule has 1 heterocycles. The summed E-state index contributed by atoms with van der Waals surface area (Å²) < 4.78 is 0. The highest BCUT2D eigenvalue weighted by Gasteiger charge is 2.18. The lowest BCUT2D eigenvalue weighted by Gasteiger charge is -2.21. The summed E-state index contributed by atoms with van der Waals surface area (Å²) in [6.07, 6.45) is 7.70. The second-order valence-corrected chi connectivity index (χ2v) is 5.59. The Kier molecular flexibility index (Phi) is 5.78. The van der Waals surface area contributed by atoms with Gasteiger partial charge in [-0.25, -0.2) is 9.78 Å². The van der Waals surface area contributed by atoms with Crippen LogP contribution in [0.15, 0.2) is 10.9 Å². The van der Waals surface area contributed by atoms with Crippen molar-refractivity contribution in [3.63, 3.8) is 0 Å². The van der Waals surface area contributed by atoms with Gasteiger partial charge in [-0.1, -0.05) is 32.6 Å². The van der Waals surface area contributed by atoms with Gasteiger partial charge in [0.05, 0.1) is 5.69 Å². The maximum absolute atomic E-state index is 11.7. The van der Waals surface area contributed by atoms with Gasteiger partial charge in [0.25, 0.3) is 5.56 Å². The van der Waals surface area contributed by atoms with E-state index in [0.717, 1.165) is 31.4 Å². The summed E-state index contributed by atoms with van der Waals surface area (Å²) in [6, 6.07) is 1.23. The van der Waals surface area contributed by atoms with Crippen LogP contribution in [0.5, 0.6) is 0 Å². The summed E-state index contributed by atoms with van der Waals surface area (Å²) in [5.41, 5.74) is 0.580. The van der Waals surface area contributed by atoms with Crippen LogP contribution < -0.4 is 16.2 Å². The summed E-state index contributed by atoms with van der Waals surface area (Å²) in [4.78, 5) is 30.4. The molecule has 0 radical (unpaired) electrons. The average molecular weight is 292 g/mol. The first kappa shape index (κ1) is 15.5. The van der Waals surface area contributed by atoms with Crippen molar-refractivity contribution < 1.29 is 4.79 Å². The molecule has 0 unspecified atom stereocenters. The van der Waals surface area contributed by atoms with Crippen molar-refractivity contribution in [3.8, 4) is 0 Å². The Hall–Kier alpha value is -1.85. The normalized spacial score (nSPS) is 15.7. The van der Waals surface area contributed by atoms with Crippen LogP contribution in [-0.2, 0) is 0 Å². The van der Waals surface area contributed by atoms with Gasteiger partial charge in [0.2, 0.25) is 5.95 Å². The van der Waals surface area contributed by atoms with Crippen LogP contribution in [0.2, 0.25) is 0 Å². The Bertz CT molecular complexity index is 521. The number of nitrogens with zero attached hydrogens (tertiary/aromatic N) is 1. The highest BCUT2D eigenvalue weighted by atomic mass is 16.2. The Morgan fingerprint density at radius 2 is 2.14 bits per heavy atom. The second-order valence-electron chi connectivity index (χ2n) is 5.59. The van der Waals surface area contributed by atoms with Crippen molar-refractivity contribution in [2.45, 2.75) is 57.8 Å². The molecule has 1 aromatic rings. The fourth-order valence-corrected chi connectivity index (χ4v) is 2.67. The third-order valence-electron chi connectivity index (χ3n) is 3.83. The number of carbonyl (C=O) groups is 1. The van der Waals surface area contributed by atoms with Gasteiger partial charge >= 0.3 is 6.03 Å². The molecule has 0 atom stereocenters. The zero-order valence-corrected chi connectivity index (χ0v) is 12.6. The molecule has 21 heavy (non-hydrogen) atoms. The molecule has 0 saturated heterocycles. The number of anilines is 1. The quantitative estimate of drug-likeness (QED) is 0.729. The monoisotopic (exact) mass is 292 g/mol. The second kappa shape index (κ2) is 7.81. The van der Waals surface area contributed by atoms with Gasteiger partial charge in [0, 0.05) is 18.5 Å². The van der Waals surface area contributed by atoms with Gasteiger partial charge in [-0.3, -0.25) is 15.1 Å². The number of amides is 2. The van der Waals surface area contributed by atoms with Crippen molar-refractivity contribution >= 4 is 12.0 Å². The number of hydrogen-bond acceptors (Lipinski definition) is 3. The summed E-state index contributed by atoms with van der Waals surface area (Å²) in [5, 5.41) is 5.34.